The molecule has 0 amide bonds. The highest BCUT2D eigenvalue weighted by molar-refractivity contribution is 6.30. The van der Waals surface area contributed by atoms with Crippen molar-refractivity contribution in [3.63, 3.8) is 0 Å². The van der Waals surface area contributed by atoms with Crippen LogP contribution in [0, 0.1) is 11.3 Å². The number of hydrogen-bond acceptors (Lipinski definition) is 4. The largest absolute Gasteiger partial charge is 0.496 e. The van der Waals surface area contributed by atoms with Gasteiger partial charge in [0.05, 0.1) is 13.0 Å². The maximum absolute atomic E-state index is 9.69. The number of nitrogens with two attached hydrogens (primary N) is 1. The van der Waals surface area contributed by atoms with Crippen LogP contribution in [-0.2, 0) is 0 Å². The first-order valence-corrected chi connectivity index (χ1v) is 8.44. The second-order valence-corrected chi connectivity index (χ2v) is 6.46. The van der Waals surface area contributed by atoms with Crippen LogP contribution < -0.4 is 15.2 Å². The first kappa shape index (κ1) is 16.3. The minimum absolute atomic E-state index is 0.121. The molecule has 1 atom stereocenters. The zero-order valence-corrected chi connectivity index (χ0v) is 14.7. The summed E-state index contributed by atoms with van der Waals surface area (Å²) in [6.07, 6.45) is 0. The lowest BCUT2D eigenvalue weighted by Crippen LogP contribution is -2.21. The summed E-state index contributed by atoms with van der Waals surface area (Å²) in [7, 11) is 1.63. The Hall–Kier alpha value is -3.16. The van der Waals surface area contributed by atoms with E-state index in [0.29, 0.717) is 16.3 Å². The molecular weight excluding hydrogens is 348 g/mol. The fourth-order valence-corrected chi connectivity index (χ4v) is 3.54. The molecule has 0 fully saturated rings. The van der Waals surface area contributed by atoms with Crippen molar-refractivity contribution >= 4 is 22.4 Å². The molecule has 1 unspecified atom stereocenters. The van der Waals surface area contributed by atoms with Crippen molar-refractivity contribution in [2.24, 2.45) is 5.73 Å². The molecule has 1 aliphatic heterocycles. The molecule has 4 rings (SSSR count). The highest BCUT2D eigenvalue weighted by atomic mass is 35.5. The van der Waals surface area contributed by atoms with Gasteiger partial charge < -0.3 is 15.2 Å². The van der Waals surface area contributed by atoms with E-state index in [0.717, 1.165) is 27.6 Å². The minimum Gasteiger partial charge on any atom is -0.496 e. The quantitative estimate of drug-likeness (QED) is 0.716. The first-order valence-electron chi connectivity index (χ1n) is 8.06. The molecule has 26 heavy (non-hydrogen) atoms. The van der Waals surface area contributed by atoms with Gasteiger partial charge in [-0.05, 0) is 23.8 Å². The number of hydrogen-bond donors (Lipinski definition) is 1. The second-order valence-electron chi connectivity index (χ2n) is 6.02. The van der Waals surface area contributed by atoms with Gasteiger partial charge in [0.25, 0.3) is 0 Å². The summed E-state index contributed by atoms with van der Waals surface area (Å²) in [5.41, 5.74) is 8.23. The molecule has 3 aromatic carbocycles. The Morgan fingerprint density at radius 2 is 1.81 bits per heavy atom. The third kappa shape index (κ3) is 2.45. The summed E-state index contributed by atoms with van der Waals surface area (Å²) < 4.78 is 11.5. The van der Waals surface area contributed by atoms with E-state index in [9.17, 15) is 5.26 Å². The molecule has 2 N–H and O–H groups in total. The lowest BCUT2D eigenvalue weighted by molar-refractivity contribution is 0.393. The lowest BCUT2D eigenvalue weighted by Gasteiger charge is -2.28. The topological polar surface area (TPSA) is 68.3 Å². The maximum atomic E-state index is 9.69. The third-order valence-corrected chi connectivity index (χ3v) is 4.86. The van der Waals surface area contributed by atoms with Crippen molar-refractivity contribution in [3.8, 4) is 17.6 Å². The van der Waals surface area contributed by atoms with Gasteiger partial charge >= 0.3 is 0 Å². The number of fused-ring (bicyclic) bond motifs is 3. The highest BCUT2D eigenvalue weighted by Crippen LogP contribution is 2.48. The van der Waals surface area contributed by atoms with E-state index in [1.807, 2.05) is 42.5 Å². The number of nitriles is 1. The number of ether oxygens (including phenoxy) is 2. The Labute approximate surface area is 156 Å². The van der Waals surface area contributed by atoms with E-state index in [2.05, 4.69) is 6.07 Å². The van der Waals surface area contributed by atoms with Crippen LogP contribution >= 0.6 is 11.6 Å². The van der Waals surface area contributed by atoms with Gasteiger partial charge in [-0.15, -0.1) is 0 Å². The molecule has 0 aliphatic carbocycles. The summed E-state index contributed by atoms with van der Waals surface area (Å²) in [6.45, 7) is 0. The van der Waals surface area contributed by atoms with E-state index in [-0.39, 0.29) is 11.8 Å². The molecular formula is C21H15ClN2O2. The Kier molecular flexibility index (Phi) is 3.95. The van der Waals surface area contributed by atoms with E-state index in [4.69, 9.17) is 26.8 Å². The van der Waals surface area contributed by atoms with E-state index in [1.165, 1.54) is 0 Å². The Balaban J connectivity index is 2.05. The molecule has 0 radical (unpaired) electrons. The van der Waals surface area contributed by atoms with Crippen molar-refractivity contribution < 1.29 is 9.47 Å². The van der Waals surface area contributed by atoms with Crippen molar-refractivity contribution in [2.45, 2.75) is 5.92 Å². The van der Waals surface area contributed by atoms with Gasteiger partial charge in [0.1, 0.15) is 23.1 Å². The van der Waals surface area contributed by atoms with Crippen molar-refractivity contribution in [3.05, 3.63) is 82.2 Å². The van der Waals surface area contributed by atoms with Crippen molar-refractivity contribution in [2.75, 3.05) is 7.11 Å². The highest BCUT2D eigenvalue weighted by Gasteiger charge is 2.32. The summed E-state index contributed by atoms with van der Waals surface area (Å²) in [5, 5.41) is 12.1. The normalized spacial score (nSPS) is 16.0. The van der Waals surface area contributed by atoms with Crippen LogP contribution in [0.5, 0.6) is 11.5 Å². The Morgan fingerprint density at radius 1 is 1.12 bits per heavy atom. The van der Waals surface area contributed by atoms with Gasteiger partial charge in [0.15, 0.2) is 0 Å². The van der Waals surface area contributed by atoms with Crippen LogP contribution in [0.2, 0.25) is 5.02 Å². The van der Waals surface area contributed by atoms with Crippen molar-refractivity contribution in [1.29, 1.82) is 5.26 Å². The molecule has 3 aromatic rings. The lowest BCUT2D eigenvalue weighted by atomic mass is 9.82. The summed E-state index contributed by atoms with van der Waals surface area (Å²) in [4.78, 5) is 0. The van der Waals surface area contributed by atoms with Gasteiger partial charge in [0, 0.05) is 21.4 Å². The molecule has 0 aromatic heterocycles. The number of benzene rings is 3. The number of halogens is 1. The third-order valence-electron chi connectivity index (χ3n) is 4.61. The summed E-state index contributed by atoms with van der Waals surface area (Å²) >= 11 is 6.03. The average molecular weight is 363 g/mol. The molecule has 0 spiro atoms. The van der Waals surface area contributed by atoms with Crippen LogP contribution in [0.3, 0.4) is 0 Å². The molecule has 0 saturated carbocycles. The van der Waals surface area contributed by atoms with Crippen molar-refractivity contribution in [1.82, 2.24) is 0 Å². The summed E-state index contributed by atoms with van der Waals surface area (Å²) in [5.74, 6) is 1.15. The molecule has 0 saturated heterocycles. The monoisotopic (exact) mass is 362 g/mol. The van der Waals surface area contributed by atoms with Crippen LogP contribution in [-0.4, -0.2) is 7.11 Å². The predicted octanol–water partition coefficient (Wildman–Crippen LogP) is 4.72. The van der Waals surface area contributed by atoms with E-state index in [1.54, 1.807) is 19.2 Å². The van der Waals surface area contributed by atoms with Gasteiger partial charge in [-0.2, -0.15) is 5.26 Å². The zero-order valence-electron chi connectivity index (χ0n) is 14.0. The van der Waals surface area contributed by atoms with Crippen LogP contribution in [0.4, 0.5) is 0 Å². The molecule has 128 valence electrons. The molecule has 4 nitrogen and oxygen atoms in total. The standard InChI is InChI=1S/C21H15ClN2O2/c1-25-18-10-16-19(12-6-8-13(22)9-7-12)17(11-23)21(24)26-20(16)15-5-3-2-4-14(15)18/h2-10,19H,24H2,1H3. The van der Waals surface area contributed by atoms with Gasteiger partial charge in [-0.3, -0.25) is 0 Å². The molecule has 1 heterocycles. The second kappa shape index (κ2) is 6.29. The summed E-state index contributed by atoms with van der Waals surface area (Å²) in [6, 6.07) is 19.3. The van der Waals surface area contributed by atoms with Crippen LogP contribution in [0.25, 0.3) is 10.8 Å². The average Bonchev–Trinajstić information content (AvgIpc) is 2.67. The molecule has 1 aliphatic rings. The maximum Gasteiger partial charge on any atom is 0.205 e. The SMILES string of the molecule is COc1cc2c(c3ccccc13)OC(N)=C(C#N)C2c1ccc(Cl)cc1. The van der Waals surface area contributed by atoms with E-state index >= 15 is 0 Å². The number of allylic oxidation sites excluding steroid dienone is 1. The fraction of sp³-hybridized carbons (Fsp3) is 0.0952. The minimum atomic E-state index is -0.348. The number of methoxy groups -OCH3 is 1. The molecule has 0 bridgehead atoms. The van der Waals surface area contributed by atoms with Gasteiger partial charge in [0.2, 0.25) is 5.88 Å². The first-order chi connectivity index (χ1) is 12.6. The van der Waals surface area contributed by atoms with Gasteiger partial charge in [-0.1, -0.05) is 48.0 Å². The van der Waals surface area contributed by atoms with Crippen LogP contribution in [0.15, 0.2) is 66.1 Å². The Morgan fingerprint density at radius 3 is 2.46 bits per heavy atom. The van der Waals surface area contributed by atoms with Gasteiger partial charge in [-0.25, -0.2) is 0 Å². The molecule has 5 heteroatoms. The smallest absolute Gasteiger partial charge is 0.205 e. The predicted molar refractivity (Wildman–Crippen MR) is 101 cm³/mol. The van der Waals surface area contributed by atoms with Crippen LogP contribution in [0.1, 0.15) is 17.0 Å². The number of rotatable bonds is 2. The van der Waals surface area contributed by atoms with E-state index < -0.39 is 0 Å². The Bertz CT molecular complexity index is 1080. The zero-order chi connectivity index (χ0) is 18.3. The fourth-order valence-electron chi connectivity index (χ4n) is 3.42. The number of nitrogens with zero attached hydrogens (tertiary/aromatic N) is 1.